The summed E-state index contributed by atoms with van der Waals surface area (Å²) in [6.07, 6.45) is 0.833. The number of benzene rings is 1. The van der Waals surface area contributed by atoms with Crippen LogP contribution in [0.3, 0.4) is 0 Å². The number of likely N-dealkylation sites (N-methyl/N-ethyl adjacent to an activating group) is 1. The van der Waals surface area contributed by atoms with Gasteiger partial charge in [0.25, 0.3) is 5.69 Å². The van der Waals surface area contributed by atoms with E-state index in [4.69, 9.17) is 11.6 Å². The molecule has 0 aliphatic carbocycles. The predicted molar refractivity (Wildman–Crippen MR) is 87.0 cm³/mol. The molecule has 1 aromatic carbocycles. The van der Waals surface area contributed by atoms with E-state index in [0.29, 0.717) is 17.1 Å². The van der Waals surface area contributed by atoms with Crippen LogP contribution in [0.2, 0.25) is 5.02 Å². The van der Waals surface area contributed by atoms with Crippen molar-refractivity contribution in [1.82, 2.24) is 10.2 Å². The van der Waals surface area contributed by atoms with Crippen LogP contribution in [0.4, 0.5) is 5.69 Å². The van der Waals surface area contributed by atoms with Crippen LogP contribution in [0.25, 0.3) is 0 Å². The molecule has 0 radical (unpaired) electrons. The van der Waals surface area contributed by atoms with E-state index >= 15 is 0 Å². The molecular weight excluding hydrogens is 306 g/mol. The first-order chi connectivity index (χ1) is 10.1. The lowest BCUT2D eigenvalue weighted by molar-refractivity contribution is -0.384. The third kappa shape index (κ3) is 5.61. The van der Waals surface area contributed by atoms with Crippen LogP contribution in [0.15, 0.2) is 18.2 Å². The number of nitro groups is 1. The molecule has 122 valence electrons. The summed E-state index contributed by atoms with van der Waals surface area (Å²) in [7, 11) is 1.77. The summed E-state index contributed by atoms with van der Waals surface area (Å²) in [6.45, 7) is 6.49. The van der Waals surface area contributed by atoms with E-state index in [9.17, 15) is 14.9 Å². The molecule has 0 aromatic heterocycles. The third-order valence-corrected chi connectivity index (χ3v) is 3.82. The Morgan fingerprint density at radius 1 is 1.45 bits per heavy atom. The van der Waals surface area contributed by atoms with Crippen molar-refractivity contribution in [2.75, 3.05) is 13.6 Å². The molecule has 22 heavy (non-hydrogen) atoms. The Morgan fingerprint density at radius 2 is 2.09 bits per heavy atom. The highest BCUT2D eigenvalue weighted by Gasteiger charge is 2.19. The highest BCUT2D eigenvalue weighted by atomic mass is 35.5. The maximum absolute atomic E-state index is 12.0. The van der Waals surface area contributed by atoms with Crippen LogP contribution in [0.5, 0.6) is 0 Å². The Hall–Kier alpha value is -1.66. The minimum atomic E-state index is -0.462. The zero-order valence-corrected chi connectivity index (χ0v) is 14.1. The lowest BCUT2D eigenvalue weighted by Gasteiger charge is -2.26. The number of nitro benzene ring substituents is 1. The molecule has 1 N–H and O–H groups in total. The molecule has 0 fully saturated rings. The molecule has 0 aliphatic heterocycles. The number of nitrogens with one attached hydrogen (secondary N) is 1. The maximum atomic E-state index is 12.0. The Bertz CT molecular complexity index is 561. The van der Waals surface area contributed by atoms with Gasteiger partial charge in [-0.25, -0.2) is 0 Å². The Kier molecular flexibility index (Phi) is 6.32. The molecule has 0 unspecified atom stereocenters. The van der Waals surface area contributed by atoms with Crippen LogP contribution >= 0.6 is 11.6 Å². The number of carbonyl (C=O) groups excluding carboxylic acids is 1. The predicted octanol–water partition coefficient (Wildman–Crippen LogP) is 2.98. The third-order valence-electron chi connectivity index (χ3n) is 3.46. The molecule has 7 heteroatoms. The fourth-order valence-electron chi connectivity index (χ4n) is 1.89. The van der Waals surface area contributed by atoms with Gasteiger partial charge in [0.05, 0.1) is 11.5 Å². The number of nitrogens with zero attached hydrogens (tertiary/aromatic N) is 2. The topological polar surface area (TPSA) is 75.5 Å². The van der Waals surface area contributed by atoms with E-state index in [1.807, 2.05) is 20.8 Å². The van der Waals surface area contributed by atoms with Gasteiger partial charge in [-0.3, -0.25) is 19.8 Å². The first-order valence-electron chi connectivity index (χ1n) is 7.07. The number of rotatable bonds is 7. The van der Waals surface area contributed by atoms with Gasteiger partial charge >= 0.3 is 0 Å². The summed E-state index contributed by atoms with van der Waals surface area (Å²) >= 11 is 6.06. The molecule has 0 atom stereocenters. The minimum absolute atomic E-state index is 0.00984. The average Bonchev–Trinajstić information content (AvgIpc) is 2.40. The van der Waals surface area contributed by atoms with E-state index in [0.717, 1.165) is 6.42 Å². The standard InChI is InChI=1S/C15H22ClN3O3/c1-5-15(2,3)17-14(20)10-18(4)9-11-8-12(19(21)22)6-7-13(11)16/h6-8H,5,9-10H2,1-4H3,(H,17,20). The molecule has 1 rings (SSSR count). The Labute approximate surface area is 135 Å². The number of hydrogen-bond acceptors (Lipinski definition) is 4. The largest absolute Gasteiger partial charge is 0.350 e. The molecule has 0 aliphatic rings. The SMILES string of the molecule is CCC(C)(C)NC(=O)CN(C)Cc1cc([N+](=O)[O-])ccc1Cl. The molecule has 0 heterocycles. The highest BCUT2D eigenvalue weighted by molar-refractivity contribution is 6.31. The molecule has 0 saturated heterocycles. The molecular formula is C15H22ClN3O3. The summed E-state index contributed by atoms with van der Waals surface area (Å²) in [4.78, 5) is 24.1. The number of hydrogen-bond donors (Lipinski definition) is 1. The van der Waals surface area contributed by atoms with Gasteiger partial charge in [0, 0.05) is 29.2 Å². The molecule has 1 aromatic rings. The van der Waals surface area contributed by atoms with E-state index in [1.54, 1.807) is 11.9 Å². The van der Waals surface area contributed by atoms with Gasteiger partial charge in [0.15, 0.2) is 0 Å². The van der Waals surface area contributed by atoms with Crippen LogP contribution in [-0.4, -0.2) is 34.9 Å². The minimum Gasteiger partial charge on any atom is -0.350 e. The van der Waals surface area contributed by atoms with Crippen molar-refractivity contribution in [3.8, 4) is 0 Å². The van der Waals surface area contributed by atoms with Gasteiger partial charge in [-0.15, -0.1) is 0 Å². The van der Waals surface area contributed by atoms with Gasteiger partial charge in [-0.05, 0) is 38.9 Å². The zero-order valence-electron chi connectivity index (χ0n) is 13.4. The fraction of sp³-hybridized carbons (Fsp3) is 0.533. The van der Waals surface area contributed by atoms with E-state index in [-0.39, 0.29) is 23.7 Å². The van der Waals surface area contributed by atoms with Gasteiger partial charge in [-0.2, -0.15) is 0 Å². The lowest BCUT2D eigenvalue weighted by Crippen LogP contribution is -2.46. The van der Waals surface area contributed by atoms with Crippen molar-refractivity contribution in [2.45, 2.75) is 39.3 Å². The molecule has 6 nitrogen and oxygen atoms in total. The van der Waals surface area contributed by atoms with Crippen molar-refractivity contribution >= 4 is 23.2 Å². The van der Waals surface area contributed by atoms with Crippen LogP contribution in [0.1, 0.15) is 32.8 Å². The first kappa shape index (κ1) is 18.4. The fourth-order valence-corrected chi connectivity index (χ4v) is 2.07. The second kappa shape index (κ2) is 7.56. The van der Waals surface area contributed by atoms with Crippen LogP contribution in [-0.2, 0) is 11.3 Å². The lowest BCUT2D eigenvalue weighted by atomic mass is 10.0. The summed E-state index contributed by atoms with van der Waals surface area (Å²) in [6, 6.07) is 4.30. The monoisotopic (exact) mass is 327 g/mol. The van der Waals surface area contributed by atoms with Gasteiger partial charge in [-0.1, -0.05) is 18.5 Å². The number of carbonyl (C=O) groups is 1. The first-order valence-corrected chi connectivity index (χ1v) is 7.45. The molecule has 1 amide bonds. The van der Waals surface area contributed by atoms with Crippen LogP contribution in [0, 0.1) is 10.1 Å². The highest BCUT2D eigenvalue weighted by Crippen LogP contribution is 2.23. The van der Waals surface area contributed by atoms with Gasteiger partial charge < -0.3 is 5.32 Å². The second-order valence-electron chi connectivity index (χ2n) is 5.99. The van der Waals surface area contributed by atoms with Gasteiger partial charge in [0.1, 0.15) is 0 Å². The number of amides is 1. The smallest absolute Gasteiger partial charge is 0.269 e. The maximum Gasteiger partial charge on any atom is 0.269 e. The quantitative estimate of drug-likeness (QED) is 0.617. The van der Waals surface area contributed by atoms with Gasteiger partial charge in [0.2, 0.25) is 5.91 Å². The van der Waals surface area contributed by atoms with Crippen molar-refractivity contribution in [3.05, 3.63) is 38.9 Å². The Morgan fingerprint density at radius 3 is 2.64 bits per heavy atom. The summed E-state index contributed by atoms with van der Waals surface area (Å²) in [5.74, 6) is -0.0871. The number of halogens is 1. The van der Waals surface area contributed by atoms with Crippen molar-refractivity contribution in [3.63, 3.8) is 0 Å². The zero-order chi connectivity index (χ0) is 16.9. The van der Waals surface area contributed by atoms with Crippen molar-refractivity contribution in [1.29, 1.82) is 0 Å². The van der Waals surface area contributed by atoms with Crippen molar-refractivity contribution in [2.24, 2.45) is 0 Å². The summed E-state index contributed by atoms with van der Waals surface area (Å²) in [5, 5.41) is 14.2. The van der Waals surface area contributed by atoms with E-state index in [1.165, 1.54) is 18.2 Å². The molecule has 0 spiro atoms. The van der Waals surface area contributed by atoms with Crippen LogP contribution < -0.4 is 5.32 Å². The molecule has 0 bridgehead atoms. The second-order valence-corrected chi connectivity index (χ2v) is 6.40. The van der Waals surface area contributed by atoms with E-state index in [2.05, 4.69) is 5.32 Å². The van der Waals surface area contributed by atoms with Crippen molar-refractivity contribution < 1.29 is 9.72 Å². The Balaban J connectivity index is 2.69. The summed E-state index contributed by atoms with van der Waals surface area (Å²) < 4.78 is 0. The normalized spacial score (nSPS) is 11.5. The molecule has 0 saturated carbocycles. The summed E-state index contributed by atoms with van der Waals surface area (Å²) in [5.41, 5.74) is 0.367. The van der Waals surface area contributed by atoms with E-state index < -0.39 is 4.92 Å². The average molecular weight is 328 g/mol. The number of non-ortho nitro benzene ring substituents is 1.